The molecule has 2 amide bonds. The van der Waals surface area contributed by atoms with E-state index in [0.717, 1.165) is 0 Å². The zero-order valence-corrected chi connectivity index (χ0v) is 17.1. The van der Waals surface area contributed by atoms with E-state index in [-0.39, 0.29) is 18.1 Å². The Morgan fingerprint density at radius 1 is 1.20 bits per heavy atom. The van der Waals surface area contributed by atoms with Gasteiger partial charge in [0.2, 0.25) is 6.10 Å². The molecular weight excluding hydrogens is 406 g/mol. The SMILES string of the molecule is Cc1cc(NC(=O)C(OC(=O)CCCNC(=O)c2ccsc2)c2ccccc2)no1. The van der Waals surface area contributed by atoms with E-state index in [9.17, 15) is 14.4 Å². The van der Waals surface area contributed by atoms with Gasteiger partial charge in [0, 0.05) is 35.5 Å². The minimum absolute atomic E-state index is 0.0591. The van der Waals surface area contributed by atoms with Crippen molar-refractivity contribution in [3.63, 3.8) is 0 Å². The number of aryl methyl sites for hydroxylation is 1. The number of anilines is 1. The number of aromatic nitrogens is 1. The van der Waals surface area contributed by atoms with Gasteiger partial charge >= 0.3 is 5.97 Å². The first kappa shape index (κ1) is 21.3. The van der Waals surface area contributed by atoms with Crippen LogP contribution in [0.2, 0.25) is 0 Å². The number of rotatable bonds is 9. The van der Waals surface area contributed by atoms with Crippen molar-refractivity contribution in [1.29, 1.82) is 0 Å². The lowest BCUT2D eigenvalue weighted by Crippen LogP contribution is -2.27. The van der Waals surface area contributed by atoms with Crippen molar-refractivity contribution >= 4 is 34.9 Å². The molecule has 0 aliphatic carbocycles. The smallest absolute Gasteiger partial charge is 0.306 e. The van der Waals surface area contributed by atoms with Crippen LogP contribution in [-0.2, 0) is 14.3 Å². The van der Waals surface area contributed by atoms with Crippen molar-refractivity contribution in [2.45, 2.75) is 25.9 Å². The molecule has 3 aromatic rings. The summed E-state index contributed by atoms with van der Waals surface area (Å²) >= 11 is 1.44. The van der Waals surface area contributed by atoms with Crippen LogP contribution in [0.1, 0.15) is 40.6 Å². The largest absolute Gasteiger partial charge is 0.447 e. The Balaban J connectivity index is 1.54. The van der Waals surface area contributed by atoms with Crippen LogP contribution >= 0.6 is 11.3 Å². The van der Waals surface area contributed by atoms with Crippen molar-refractivity contribution in [1.82, 2.24) is 10.5 Å². The maximum atomic E-state index is 12.7. The Morgan fingerprint density at radius 3 is 2.67 bits per heavy atom. The lowest BCUT2D eigenvalue weighted by atomic mass is 10.1. The maximum absolute atomic E-state index is 12.7. The molecule has 1 unspecified atom stereocenters. The van der Waals surface area contributed by atoms with Crippen LogP contribution in [0.3, 0.4) is 0 Å². The summed E-state index contributed by atoms with van der Waals surface area (Å²) in [6.07, 6.45) is -0.680. The second-order valence-corrected chi connectivity index (χ2v) is 7.24. The van der Waals surface area contributed by atoms with E-state index in [1.807, 2.05) is 5.38 Å². The highest BCUT2D eigenvalue weighted by Gasteiger charge is 2.25. The van der Waals surface area contributed by atoms with E-state index < -0.39 is 18.0 Å². The number of carbonyl (C=O) groups is 3. The van der Waals surface area contributed by atoms with E-state index in [0.29, 0.717) is 29.9 Å². The summed E-state index contributed by atoms with van der Waals surface area (Å²) in [6.45, 7) is 2.03. The molecule has 1 aromatic carbocycles. The summed E-state index contributed by atoms with van der Waals surface area (Å²) < 4.78 is 10.4. The fourth-order valence-corrected chi connectivity index (χ4v) is 3.27. The number of hydrogen-bond donors (Lipinski definition) is 2. The number of carbonyl (C=O) groups excluding carboxylic acids is 3. The number of benzene rings is 1. The van der Waals surface area contributed by atoms with E-state index >= 15 is 0 Å². The van der Waals surface area contributed by atoms with E-state index in [1.165, 1.54) is 11.3 Å². The van der Waals surface area contributed by atoms with Gasteiger partial charge in [0.25, 0.3) is 11.8 Å². The van der Waals surface area contributed by atoms with Crippen molar-refractivity contribution < 1.29 is 23.6 Å². The quantitative estimate of drug-likeness (QED) is 0.400. The predicted octanol–water partition coefficient (Wildman–Crippen LogP) is 3.48. The average molecular weight is 427 g/mol. The van der Waals surface area contributed by atoms with E-state index in [2.05, 4.69) is 15.8 Å². The number of hydrogen-bond acceptors (Lipinski definition) is 7. The third kappa shape index (κ3) is 6.02. The number of thiophene rings is 1. The van der Waals surface area contributed by atoms with Crippen LogP contribution in [0.5, 0.6) is 0 Å². The lowest BCUT2D eigenvalue weighted by molar-refractivity contribution is -0.154. The van der Waals surface area contributed by atoms with Gasteiger partial charge in [-0.3, -0.25) is 14.4 Å². The highest BCUT2D eigenvalue weighted by molar-refractivity contribution is 7.08. The molecule has 30 heavy (non-hydrogen) atoms. The maximum Gasteiger partial charge on any atom is 0.306 e. The zero-order valence-electron chi connectivity index (χ0n) is 16.3. The third-order valence-corrected chi connectivity index (χ3v) is 4.78. The summed E-state index contributed by atoms with van der Waals surface area (Å²) in [5.41, 5.74) is 1.13. The summed E-state index contributed by atoms with van der Waals surface area (Å²) in [4.78, 5) is 36.9. The summed E-state index contributed by atoms with van der Waals surface area (Å²) in [5, 5.41) is 12.6. The van der Waals surface area contributed by atoms with Crippen LogP contribution in [0.15, 0.2) is 57.7 Å². The first-order chi connectivity index (χ1) is 14.5. The van der Waals surface area contributed by atoms with Crippen LogP contribution in [0.25, 0.3) is 0 Å². The topological polar surface area (TPSA) is 111 Å². The summed E-state index contributed by atoms with van der Waals surface area (Å²) in [5.74, 6) is -0.475. The second-order valence-electron chi connectivity index (χ2n) is 6.46. The fourth-order valence-electron chi connectivity index (χ4n) is 2.64. The minimum atomic E-state index is -1.13. The van der Waals surface area contributed by atoms with Gasteiger partial charge in [-0.25, -0.2) is 0 Å². The number of amides is 2. The molecule has 2 N–H and O–H groups in total. The van der Waals surface area contributed by atoms with Gasteiger partial charge in [-0.15, -0.1) is 0 Å². The number of ether oxygens (including phenoxy) is 1. The Morgan fingerprint density at radius 2 is 2.00 bits per heavy atom. The molecule has 0 aliphatic heterocycles. The van der Waals surface area contributed by atoms with E-state index in [4.69, 9.17) is 9.26 Å². The molecule has 9 heteroatoms. The second kappa shape index (κ2) is 10.4. The highest BCUT2D eigenvalue weighted by atomic mass is 32.1. The first-order valence-electron chi connectivity index (χ1n) is 9.32. The van der Waals surface area contributed by atoms with E-state index in [1.54, 1.807) is 54.8 Å². The van der Waals surface area contributed by atoms with Crippen molar-refractivity contribution in [3.05, 3.63) is 70.1 Å². The molecule has 1 atom stereocenters. The van der Waals surface area contributed by atoms with Crippen molar-refractivity contribution in [3.8, 4) is 0 Å². The molecule has 0 spiro atoms. The molecule has 0 radical (unpaired) electrons. The minimum Gasteiger partial charge on any atom is -0.447 e. The fraction of sp³-hybridized carbons (Fsp3) is 0.238. The zero-order chi connectivity index (χ0) is 21.3. The number of esters is 1. The molecule has 2 heterocycles. The van der Waals surface area contributed by atoms with Gasteiger partial charge in [-0.1, -0.05) is 35.5 Å². The van der Waals surface area contributed by atoms with Crippen molar-refractivity contribution in [2.75, 3.05) is 11.9 Å². The highest BCUT2D eigenvalue weighted by Crippen LogP contribution is 2.21. The molecule has 3 rings (SSSR count). The molecular formula is C21H21N3O5S. The Labute approximate surface area is 177 Å². The standard InChI is InChI=1S/C21H21N3O5S/c1-14-12-17(24-29-14)23-21(27)19(15-6-3-2-4-7-15)28-18(25)8-5-10-22-20(26)16-9-11-30-13-16/h2-4,6-7,9,11-13,19H,5,8,10H2,1H3,(H,22,26)(H,23,24,27). The molecule has 2 aromatic heterocycles. The first-order valence-corrected chi connectivity index (χ1v) is 10.3. The number of nitrogens with one attached hydrogen (secondary N) is 2. The van der Waals surface area contributed by atoms with Gasteiger partial charge in [0.15, 0.2) is 5.82 Å². The Hall–Kier alpha value is -3.46. The molecule has 0 aliphatic rings. The van der Waals surface area contributed by atoms with Gasteiger partial charge in [0.1, 0.15) is 5.76 Å². The molecule has 0 saturated heterocycles. The predicted molar refractivity (Wildman–Crippen MR) is 111 cm³/mol. The van der Waals surface area contributed by atoms with Crippen LogP contribution in [0.4, 0.5) is 5.82 Å². The lowest BCUT2D eigenvalue weighted by Gasteiger charge is -2.17. The average Bonchev–Trinajstić information content (AvgIpc) is 3.42. The van der Waals surface area contributed by atoms with Crippen LogP contribution in [-0.4, -0.2) is 29.5 Å². The van der Waals surface area contributed by atoms with Crippen LogP contribution < -0.4 is 10.6 Å². The molecule has 8 nitrogen and oxygen atoms in total. The van der Waals surface area contributed by atoms with Gasteiger partial charge in [-0.2, -0.15) is 11.3 Å². The monoisotopic (exact) mass is 427 g/mol. The third-order valence-electron chi connectivity index (χ3n) is 4.10. The normalized spacial score (nSPS) is 11.5. The van der Waals surface area contributed by atoms with Crippen LogP contribution in [0, 0.1) is 6.92 Å². The number of nitrogens with zero attached hydrogens (tertiary/aromatic N) is 1. The summed E-state index contributed by atoms with van der Waals surface area (Å²) in [7, 11) is 0. The van der Waals surface area contributed by atoms with Gasteiger partial charge < -0.3 is 19.9 Å². The van der Waals surface area contributed by atoms with Gasteiger partial charge in [0.05, 0.1) is 0 Å². The molecule has 0 bridgehead atoms. The molecule has 156 valence electrons. The Kier molecular flexibility index (Phi) is 7.34. The Bertz CT molecular complexity index is 985. The van der Waals surface area contributed by atoms with Gasteiger partial charge in [-0.05, 0) is 24.8 Å². The van der Waals surface area contributed by atoms with Crippen molar-refractivity contribution in [2.24, 2.45) is 0 Å². The molecule has 0 fully saturated rings. The molecule has 0 saturated carbocycles. The summed E-state index contributed by atoms with van der Waals surface area (Å²) in [6, 6.07) is 12.0.